The molecule has 0 saturated carbocycles. The standard InChI is InChI=1S/C9H9BrFNS/c10-6-1-2-7(11)5-3-13-4-8(12)9(5)6/h1-2,8H,3-4,12H2/t8-/m0/s1. The van der Waals surface area contributed by atoms with Gasteiger partial charge in [0.15, 0.2) is 0 Å². The molecule has 0 unspecified atom stereocenters. The molecule has 0 spiro atoms. The van der Waals surface area contributed by atoms with Crippen LogP contribution in [0.3, 0.4) is 0 Å². The molecule has 0 radical (unpaired) electrons. The van der Waals surface area contributed by atoms with Gasteiger partial charge in [0.25, 0.3) is 0 Å². The maximum absolute atomic E-state index is 13.3. The number of fused-ring (bicyclic) bond motifs is 1. The highest BCUT2D eigenvalue weighted by atomic mass is 79.9. The fourth-order valence-corrected chi connectivity index (χ4v) is 3.23. The van der Waals surface area contributed by atoms with Crippen molar-refractivity contribution in [1.82, 2.24) is 0 Å². The maximum Gasteiger partial charge on any atom is 0.127 e. The monoisotopic (exact) mass is 261 g/mol. The third-order valence-electron chi connectivity index (χ3n) is 2.16. The van der Waals surface area contributed by atoms with Crippen molar-refractivity contribution in [3.63, 3.8) is 0 Å². The first-order valence-electron chi connectivity index (χ1n) is 4.00. The van der Waals surface area contributed by atoms with E-state index in [1.165, 1.54) is 6.07 Å². The van der Waals surface area contributed by atoms with Crippen LogP contribution in [0.4, 0.5) is 4.39 Å². The highest BCUT2D eigenvalue weighted by Crippen LogP contribution is 2.36. The van der Waals surface area contributed by atoms with E-state index < -0.39 is 0 Å². The van der Waals surface area contributed by atoms with Gasteiger partial charge in [-0.3, -0.25) is 0 Å². The number of halogens is 2. The molecule has 1 atom stereocenters. The summed E-state index contributed by atoms with van der Waals surface area (Å²) in [5.41, 5.74) is 7.60. The van der Waals surface area contributed by atoms with Crippen LogP contribution in [0.2, 0.25) is 0 Å². The van der Waals surface area contributed by atoms with E-state index in [1.54, 1.807) is 17.8 Å². The predicted octanol–water partition coefficient (Wildman–Crippen LogP) is 2.83. The fraction of sp³-hybridized carbons (Fsp3) is 0.333. The minimum Gasteiger partial charge on any atom is -0.323 e. The van der Waals surface area contributed by atoms with Crippen molar-refractivity contribution < 1.29 is 4.39 Å². The van der Waals surface area contributed by atoms with E-state index in [4.69, 9.17) is 5.73 Å². The van der Waals surface area contributed by atoms with Crippen molar-refractivity contribution in [2.24, 2.45) is 5.73 Å². The van der Waals surface area contributed by atoms with Gasteiger partial charge in [-0.25, -0.2) is 4.39 Å². The summed E-state index contributed by atoms with van der Waals surface area (Å²) in [5.74, 6) is 1.46. The minimum atomic E-state index is -0.138. The summed E-state index contributed by atoms with van der Waals surface area (Å²) in [6.45, 7) is 0. The highest BCUT2D eigenvalue weighted by Gasteiger charge is 2.22. The molecule has 0 amide bonds. The first kappa shape index (κ1) is 9.49. The molecule has 1 aliphatic rings. The second-order valence-corrected chi connectivity index (χ2v) is 4.93. The summed E-state index contributed by atoms with van der Waals surface area (Å²) in [4.78, 5) is 0. The summed E-state index contributed by atoms with van der Waals surface area (Å²) < 4.78 is 14.3. The van der Waals surface area contributed by atoms with Gasteiger partial charge in [-0.1, -0.05) is 15.9 Å². The summed E-state index contributed by atoms with van der Waals surface area (Å²) in [7, 11) is 0. The van der Waals surface area contributed by atoms with Crippen LogP contribution in [0.25, 0.3) is 0 Å². The molecule has 0 aromatic heterocycles. The van der Waals surface area contributed by atoms with Crippen LogP contribution >= 0.6 is 27.7 Å². The molecule has 1 aliphatic heterocycles. The summed E-state index contributed by atoms with van der Waals surface area (Å²) in [6.07, 6.45) is 0. The number of nitrogens with two attached hydrogens (primary N) is 1. The third-order valence-corrected chi connectivity index (χ3v) is 3.94. The Morgan fingerprint density at radius 1 is 1.54 bits per heavy atom. The quantitative estimate of drug-likeness (QED) is 0.778. The second-order valence-electron chi connectivity index (χ2n) is 3.04. The molecule has 0 saturated heterocycles. The molecule has 0 bridgehead atoms. The zero-order valence-electron chi connectivity index (χ0n) is 6.89. The summed E-state index contributed by atoms with van der Waals surface area (Å²) in [6, 6.07) is 3.17. The van der Waals surface area contributed by atoms with Crippen molar-refractivity contribution in [2.75, 3.05) is 5.75 Å². The maximum atomic E-state index is 13.3. The smallest absolute Gasteiger partial charge is 0.127 e. The topological polar surface area (TPSA) is 26.0 Å². The molecule has 13 heavy (non-hydrogen) atoms. The number of hydrogen-bond acceptors (Lipinski definition) is 2. The van der Waals surface area contributed by atoms with Gasteiger partial charge in [0.05, 0.1) is 0 Å². The molecule has 2 rings (SSSR count). The molecule has 1 nitrogen and oxygen atoms in total. The molecule has 0 fully saturated rings. The fourth-order valence-electron chi connectivity index (χ4n) is 1.53. The van der Waals surface area contributed by atoms with E-state index in [-0.39, 0.29) is 11.9 Å². The lowest BCUT2D eigenvalue weighted by atomic mass is 10.0. The number of thioether (sulfide) groups is 1. The van der Waals surface area contributed by atoms with E-state index in [0.717, 1.165) is 27.1 Å². The molecular formula is C9H9BrFNS. The van der Waals surface area contributed by atoms with Gasteiger partial charge in [0, 0.05) is 27.6 Å². The summed E-state index contributed by atoms with van der Waals surface area (Å²) >= 11 is 5.08. The average molecular weight is 262 g/mol. The molecule has 70 valence electrons. The molecule has 4 heteroatoms. The highest BCUT2D eigenvalue weighted by molar-refractivity contribution is 9.10. The lowest BCUT2D eigenvalue weighted by molar-refractivity contribution is 0.607. The van der Waals surface area contributed by atoms with E-state index in [2.05, 4.69) is 15.9 Å². The first-order chi connectivity index (χ1) is 6.20. The van der Waals surface area contributed by atoms with E-state index in [9.17, 15) is 4.39 Å². The largest absolute Gasteiger partial charge is 0.323 e. The molecule has 1 aromatic rings. The van der Waals surface area contributed by atoms with Gasteiger partial charge in [0.2, 0.25) is 0 Å². The number of hydrogen-bond donors (Lipinski definition) is 1. The molecule has 0 aliphatic carbocycles. The molecular weight excluding hydrogens is 253 g/mol. The lowest BCUT2D eigenvalue weighted by Crippen LogP contribution is -2.20. The van der Waals surface area contributed by atoms with Gasteiger partial charge >= 0.3 is 0 Å². The predicted molar refractivity (Wildman–Crippen MR) is 57.2 cm³/mol. The molecule has 1 heterocycles. The average Bonchev–Trinajstić information content (AvgIpc) is 2.12. The first-order valence-corrected chi connectivity index (χ1v) is 5.95. The van der Waals surface area contributed by atoms with E-state index in [0.29, 0.717) is 0 Å². The van der Waals surface area contributed by atoms with Gasteiger partial charge in [-0.05, 0) is 17.7 Å². The van der Waals surface area contributed by atoms with Crippen molar-refractivity contribution in [3.8, 4) is 0 Å². The van der Waals surface area contributed by atoms with Crippen molar-refractivity contribution in [1.29, 1.82) is 0 Å². The number of benzene rings is 1. The Labute approximate surface area is 89.0 Å². The SMILES string of the molecule is N[C@H]1CSCc2c(F)ccc(Br)c21. The van der Waals surface area contributed by atoms with Gasteiger partial charge in [-0.2, -0.15) is 11.8 Å². The van der Waals surface area contributed by atoms with Crippen LogP contribution in [0.1, 0.15) is 17.2 Å². The minimum absolute atomic E-state index is 0.0428. The van der Waals surface area contributed by atoms with Crippen LogP contribution < -0.4 is 5.73 Å². The van der Waals surface area contributed by atoms with Gasteiger partial charge in [0.1, 0.15) is 5.82 Å². The van der Waals surface area contributed by atoms with E-state index >= 15 is 0 Å². The Morgan fingerprint density at radius 2 is 2.31 bits per heavy atom. The Morgan fingerprint density at radius 3 is 3.00 bits per heavy atom. The van der Waals surface area contributed by atoms with Crippen LogP contribution in [-0.4, -0.2) is 5.75 Å². The zero-order chi connectivity index (χ0) is 9.42. The number of rotatable bonds is 0. The normalized spacial score (nSPS) is 21.3. The van der Waals surface area contributed by atoms with Crippen LogP contribution in [-0.2, 0) is 5.75 Å². The Bertz CT molecular complexity index is 343. The van der Waals surface area contributed by atoms with Gasteiger partial charge in [-0.15, -0.1) is 0 Å². The van der Waals surface area contributed by atoms with Crippen LogP contribution in [0.15, 0.2) is 16.6 Å². The Balaban J connectivity index is 2.60. The Hall–Kier alpha value is -0.0600. The lowest BCUT2D eigenvalue weighted by Gasteiger charge is -2.23. The van der Waals surface area contributed by atoms with Crippen molar-refractivity contribution in [3.05, 3.63) is 33.5 Å². The Kier molecular flexibility index (Phi) is 2.62. The zero-order valence-corrected chi connectivity index (χ0v) is 9.29. The summed E-state index contributed by atoms with van der Waals surface area (Å²) in [5, 5.41) is 0. The van der Waals surface area contributed by atoms with Crippen molar-refractivity contribution >= 4 is 27.7 Å². The van der Waals surface area contributed by atoms with Gasteiger partial charge < -0.3 is 5.73 Å². The molecule has 2 N–H and O–H groups in total. The van der Waals surface area contributed by atoms with Crippen LogP contribution in [0, 0.1) is 5.82 Å². The third kappa shape index (κ3) is 1.63. The van der Waals surface area contributed by atoms with Crippen LogP contribution in [0.5, 0.6) is 0 Å². The van der Waals surface area contributed by atoms with E-state index in [1.807, 2.05) is 0 Å². The van der Waals surface area contributed by atoms with Crippen molar-refractivity contribution in [2.45, 2.75) is 11.8 Å². The second kappa shape index (κ2) is 3.59. The molecule has 1 aromatic carbocycles.